The molecule has 1 heterocycles. The van der Waals surface area contributed by atoms with E-state index in [-0.39, 0.29) is 0 Å². The average molecular weight is 226 g/mol. The second-order valence-electron chi connectivity index (χ2n) is 4.04. The third-order valence-corrected chi connectivity index (χ3v) is 2.59. The molecule has 2 rings (SSSR count). The summed E-state index contributed by atoms with van der Waals surface area (Å²) in [6.07, 6.45) is 4.15. The molecule has 17 heavy (non-hydrogen) atoms. The van der Waals surface area contributed by atoms with Crippen molar-refractivity contribution in [1.29, 1.82) is 0 Å². The zero-order valence-corrected chi connectivity index (χ0v) is 9.92. The standard InChI is InChI=1S/C14H14N2O/c1-16(2)14-6-4-3-5-13(14)12-7-11(10-17)8-15-9-12/h3-10H,1-2H3. The molecule has 0 amide bonds. The molecule has 0 unspecified atom stereocenters. The summed E-state index contributed by atoms with van der Waals surface area (Å²) in [5.74, 6) is 0. The Bertz CT molecular complexity index is 535. The van der Waals surface area contributed by atoms with Gasteiger partial charge in [0.25, 0.3) is 0 Å². The second kappa shape index (κ2) is 4.78. The Morgan fingerprint density at radius 2 is 1.94 bits per heavy atom. The summed E-state index contributed by atoms with van der Waals surface area (Å²) in [5, 5.41) is 0. The van der Waals surface area contributed by atoms with Gasteiger partial charge < -0.3 is 4.90 Å². The van der Waals surface area contributed by atoms with Crippen molar-refractivity contribution in [3.63, 3.8) is 0 Å². The van der Waals surface area contributed by atoms with E-state index in [2.05, 4.69) is 4.98 Å². The van der Waals surface area contributed by atoms with Crippen LogP contribution in [0.25, 0.3) is 11.1 Å². The lowest BCUT2D eigenvalue weighted by Crippen LogP contribution is -2.09. The van der Waals surface area contributed by atoms with Gasteiger partial charge in [0.05, 0.1) is 0 Å². The molecule has 0 radical (unpaired) electrons. The molecule has 3 nitrogen and oxygen atoms in total. The number of rotatable bonds is 3. The van der Waals surface area contributed by atoms with Gasteiger partial charge in [0, 0.05) is 48.9 Å². The van der Waals surface area contributed by atoms with E-state index in [0.717, 1.165) is 23.1 Å². The molecule has 0 fully saturated rings. The largest absolute Gasteiger partial charge is 0.377 e. The Balaban J connectivity index is 2.55. The van der Waals surface area contributed by atoms with E-state index in [4.69, 9.17) is 0 Å². The molecule has 0 aliphatic rings. The lowest BCUT2D eigenvalue weighted by molar-refractivity contribution is 0.112. The minimum atomic E-state index is 0.594. The van der Waals surface area contributed by atoms with Crippen LogP contribution in [0.5, 0.6) is 0 Å². The Morgan fingerprint density at radius 1 is 1.18 bits per heavy atom. The van der Waals surface area contributed by atoms with Gasteiger partial charge in [-0.05, 0) is 12.1 Å². The van der Waals surface area contributed by atoms with Crippen LogP contribution in [0, 0.1) is 0 Å². The highest BCUT2D eigenvalue weighted by atomic mass is 16.1. The lowest BCUT2D eigenvalue weighted by atomic mass is 10.0. The van der Waals surface area contributed by atoms with E-state index >= 15 is 0 Å². The number of para-hydroxylation sites is 1. The summed E-state index contributed by atoms with van der Waals surface area (Å²) >= 11 is 0. The average Bonchev–Trinajstić information content (AvgIpc) is 2.39. The fourth-order valence-electron chi connectivity index (χ4n) is 1.78. The van der Waals surface area contributed by atoms with E-state index in [0.29, 0.717) is 5.56 Å². The molecule has 0 N–H and O–H groups in total. The van der Waals surface area contributed by atoms with Crippen LogP contribution < -0.4 is 4.90 Å². The quantitative estimate of drug-likeness (QED) is 0.754. The van der Waals surface area contributed by atoms with Gasteiger partial charge in [-0.3, -0.25) is 9.78 Å². The zero-order chi connectivity index (χ0) is 12.3. The topological polar surface area (TPSA) is 33.2 Å². The Hall–Kier alpha value is -2.16. The van der Waals surface area contributed by atoms with Crippen molar-refractivity contribution in [1.82, 2.24) is 4.98 Å². The number of hydrogen-bond acceptors (Lipinski definition) is 3. The number of hydrogen-bond donors (Lipinski definition) is 0. The third-order valence-electron chi connectivity index (χ3n) is 2.59. The van der Waals surface area contributed by atoms with Crippen LogP contribution in [-0.4, -0.2) is 25.4 Å². The van der Waals surface area contributed by atoms with E-state index in [9.17, 15) is 4.79 Å². The van der Waals surface area contributed by atoms with Crippen LogP contribution in [0.2, 0.25) is 0 Å². The van der Waals surface area contributed by atoms with E-state index in [1.807, 2.05) is 49.3 Å². The van der Waals surface area contributed by atoms with Gasteiger partial charge >= 0.3 is 0 Å². The van der Waals surface area contributed by atoms with Crippen molar-refractivity contribution >= 4 is 12.0 Å². The monoisotopic (exact) mass is 226 g/mol. The first-order valence-corrected chi connectivity index (χ1v) is 5.39. The van der Waals surface area contributed by atoms with Crippen molar-refractivity contribution in [2.24, 2.45) is 0 Å². The van der Waals surface area contributed by atoms with Crippen LogP contribution in [0.3, 0.4) is 0 Å². The molecular formula is C14H14N2O. The van der Waals surface area contributed by atoms with Crippen molar-refractivity contribution < 1.29 is 4.79 Å². The minimum Gasteiger partial charge on any atom is -0.377 e. The number of aromatic nitrogens is 1. The number of pyridine rings is 1. The molecule has 0 saturated heterocycles. The molecule has 3 heteroatoms. The SMILES string of the molecule is CN(C)c1ccccc1-c1cncc(C=O)c1. The maximum Gasteiger partial charge on any atom is 0.151 e. The van der Waals surface area contributed by atoms with Gasteiger partial charge in [-0.15, -0.1) is 0 Å². The first kappa shape index (κ1) is 11.3. The molecule has 2 aromatic rings. The highest BCUT2D eigenvalue weighted by Gasteiger charge is 2.06. The Kier molecular flexibility index (Phi) is 3.19. The molecule has 86 valence electrons. The summed E-state index contributed by atoms with van der Waals surface area (Å²) in [4.78, 5) is 16.9. The predicted octanol–water partition coefficient (Wildman–Crippen LogP) is 2.63. The number of carbonyl (C=O) groups is 1. The maximum atomic E-state index is 10.8. The highest BCUT2D eigenvalue weighted by molar-refractivity contribution is 5.82. The van der Waals surface area contributed by atoms with Gasteiger partial charge in [-0.2, -0.15) is 0 Å². The molecule has 1 aromatic heterocycles. The van der Waals surface area contributed by atoms with Crippen LogP contribution in [0.1, 0.15) is 10.4 Å². The van der Waals surface area contributed by atoms with Gasteiger partial charge in [-0.25, -0.2) is 0 Å². The maximum absolute atomic E-state index is 10.8. The fraction of sp³-hybridized carbons (Fsp3) is 0.143. The van der Waals surface area contributed by atoms with Crippen molar-refractivity contribution in [3.8, 4) is 11.1 Å². The van der Waals surface area contributed by atoms with E-state index in [1.165, 1.54) is 0 Å². The summed E-state index contributed by atoms with van der Waals surface area (Å²) in [6, 6.07) is 9.90. The number of aldehydes is 1. The summed E-state index contributed by atoms with van der Waals surface area (Å²) < 4.78 is 0. The minimum absolute atomic E-state index is 0.594. The predicted molar refractivity (Wildman–Crippen MR) is 69.4 cm³/mol. The summed E-state index contributed by atoms with van der Waals surface area (Å²) in [6.45, 7) is 0. The van der Waals surface area contributed by atoms with Crippen LogP contribution in [-0.2, 0) is 0 Å². The molecule has 0 saturated carbocycles. The second-order valence-corrected chi connectivity index (χ2v) is 4.04. The molecule has 0 bridgehead atoms. The first-order chi connectivity index (χ1) is 8.22. The van der Waals surface area contributed by atoms with Crippen molar-refractivity contribution in [2.75, 3.05) is 19.0 Å². The molecular weight excluding hydrogens is 212 g/mol. The van der Waals surface area contributed by atoms with Gasteiger partial charge in [-0.1, -0.05) is 18.2 Å². The van der Waals surface area contributed by atoms with Gasteiger partial charge in [0.1, 0.15) is 0 Å². The molecule has 1 aromatic carbocycles. The molecule has 0 atom stereocenters. The van der Waals surface area contributed by atoms with Gasteiger partial charge in [0.2, 0.25) is 0 Å². The molecule has 0 spiro atoms. The zero-order valence-electron chi connectivity index (χ0n) is 9.92. The normalized spacial score (nSPS) is 10.0. The van der Waals surface area contributed by atoms with Crippen LogP contribution in [0.4, 0.5) is 5.69 Å². The van der Waals surface area contributed by atoms with E-state index < -0.39 is 0 Å². The number of nitrogens with zero attached hydrogens (tertiary/aromatic N) is 2. The number of benzene rings is 1. The summed E-state index contributed by atoms with van der Waals surface area (Å²) in [7, 11) is 3.99. The van der Waals surface area contributed by atoms with Gasteiger partial charge in [0.15, 0.2) is 6.29 Å². The highest BCUT2D eigenvalue weighted by Crippen LogP contribution is 2.29. The Labute approximate surface area is 101 Å². The smallest absolute Gasteiger partial charge is 0.151 e. The van der Waals surface area contributed by atoms with Crippen molar-refractivity contribution in [3.05, 3.63) is 48.3 Å². The van der Waals surface area contributed by atoms with E-state index in [1.54, 1.807) is 12.4 Å². The third kappa shape index (κ3) is 2.33. The number of carbonyl (C=O) groups excluding carboxylic acids is 1. The van der Waals surface area contributed by atoms with Crippen molar-refractivity contribution in [2.45, 2.75) is 0 Å². The first-order valence-electron chi connectivity index (χ1n) is 5.39. The Morgan fingerprint density at radius 3 is 2.65 bits per heavy atom. The lowest BCUT2D eigenvalue weighted by Gasteiger charge is -2.17. The number of anilines is 1. The molecule has 0 aliphatic heterocycles. The summed E-state index contributed by atoms with van der Waals surface area (Å²) in [5.41, 5.74) is 3.74. The van der Waals surface area contributed by atoms with Crippen LogP contribution in [0.15, 0.2) is 42.7 Å². The fourth-order valence-corrected chi connectivity index (χ4v) is 1.78. The molecule has 0 aliphatic carbocycles. The van der Waals surface area contributed by atoms with Crippen LogP contribution >= 0.6 is 0 Å².